The van der Waals surface area contributed by atoms with Crippen LogP contribution in [0, 0.1) is 0 Å². The quantitative estimate of drug-likeness (QED) is 0.729. The highest BCUT2D eigenvalue weighted by atomic mass is 32.2. The van der Waals surface area contributed by atoms with E-state index in [0.717, 1.165) is 10.6 Å². The first-order valence-corrected chi connectivity index (χ1v) is 5.52. The van der Waals surface area contributed by atoms with E-state index in [2.05, 4.69) is 10.6 Å². The minimum atomic E-state index is -0.458. The van der Waals surface area contributed by atoms with Crippen LogP contribution in [0.3, 0.4) is 0 Å². The zero-order chi connectivity index (χ0) is 10.7. The van der Waals surface area contributed by atoms with E-state index in [1.54, 1.807) is 11.8 Å². The molecule has 0 bridgehead atoms. The Bertz CT molecular complexity index is 395. The maximum Gasteiger partial charge on any atom is 0.247 e. The van der Waals surface area contributed by atoms with Gasteiger partial charge >= 0.3 is 0 Å². The molecule has 0 aliphatic carbocycles. The van der Waals surface area contributed by atoms with Crippen molar-refractivity contribution in [3.05, 3.63) is 24.3 Å². The summed E-state index contributed by atoms with van der Waals surface area (Å²) in [6, 6.07) is 7.13. The highest BCUT2D eigenvalue weighted by Crippen LogP contribution is 2.30. The minimum absolute atomic E-state index is 0.167. The lowest BCUT2D eigenvalue weighted by atomic mass is 10.3. The van der Waals surface area contributed by atoms with Crippen molar-refractivity contribution in [2.45, 2.75) is 10.9 Å². The van der Waals surface area contributed by atoms with E-state index in [1.807, 2.05) is 24.3 Å². The second-order valence-electron chi connectivity index (χ2n) is 3.13. The summed E-state index contributed by atoms with van der Waals surface area (Å²) in [7, 11) is 0. The lowest BCUT2D eigenvalue weighted by Gasteiger charge is -2.10. The molecule has 0 unspecified atom stereocenters. The van der Waals surface area contributed by atoms with Gasteiger partial charge in [0.05, 0.1) is 5.69 Å². The molecule has 0 aromatic heterocycles. The maximum absolute atomic E-state index is 11.6. The smallest absolute Gasteiger partial charge is 0.247 e. The van der Waals surface area contributed by atoms with Crippen molar-refractivity contribution in [1.82, 2.24) is 5.32 Å². The number of hydrogen-bond donors (Lipinski definition) is 2. The van der Waals surface area contributed by atoms with Gasteiger partial charge in [0.25, 0.3) is 0 Å². The van der Waals surface area contributed by atoms with E-state index in [0.29, 0.717) is 12.2 Å². The zero-order valence-electron chi connectivity index (χ0n) is 7.90. The number of hydrogen-bond acceptors (Lipinski definition) is 3. The molecule has 1 aliphatic heterocycles. The number of fused-ring (bicyclic) bond motifs is 1. The highest BCUT2D eigenvalue weighted by Gasteiger charge is 2.22. The number of rotatable bonds is 2. The van der Waals surface area contributed by atoms with Crippen molar-refractivity contribution >= 4 is 29.8 Å². The first-order valence-electron chi connectivity index (χ1n) is 4.53. The molecule has 0 saturated carbocycles. The number of benzene rings is 1. The van der Waals surface area contributed by atoms with Crippen LogP contribution in [0.25, 0.3) is 0 Å². The Hall–Kier alpha value is -1.49. The Morgan fingerprint density at radius 2 is 2.27 bits per heavy atom. The molecule has 0 radical (unpaired) electrons. The predicted molar refractivity (Wildman–Crippen MR) is 58.8 cm³/mol. The van der Waals surface area contributed by atoms with Gasteiger partial charge in [-0.3, -0.25) is 9.59 Å². The number of carbonyl (C=O) groups excluding carboxylic acids is 2. The molecule has 2 amide bonds. The summed E-state index contributed by atoms with van der Waals surface area (Å²) < 4.78 is 0. The number of nitrogens with one attached hydrogen (secondary N) is 2. The second-order valence-corrected chi connectivity index (χ2v) is 4.20. The molecule has 78 valence electrons. The van der Waals surface area contributed by atoms with Crippen LogP contribution >= 0.6 is 11.8 Å². The van der Waals surface area contributed by atoms with Gasteiger partial charge in [-0.15, -0.1) is 11.8 Å². The van der Waals surface area contributed by atoms with Crippen LogP contribution in [0.15, 0.2) is 29.2 Å². The van der Waals surface area contributed by atoms with Gasteiger partial charge in [-0.25, -0.2) is 0 Å². The van der Waals surface area contributed by atoms with Crippen LogP contribution in [0.2, 0.25) is 0 Å². The zero-order valence-corrected chi connectivity index (χ0v) is 8.71. The molecule has 15 heavy (non-hydrogen) atoms. The van der Waals surface area contributed by atoms with E-state index in [1.165, 1.54) is 0 Å². The predicted octanol–water partition coefficient (Wildman–Crippen LogP) is 0.845. The van der Waals surface area contributed by atoms with Crippen molar-refractivity contribution in [2.75, 3.05) is 11.1 Å². The van der Waals surface area contributed by atoms with Crippen LogP contribution in [0.5, 0.6) is 0 Å². The number of anilines is 1. The largest absolute Gasteiger partial charge is 0.346 e. The third kappa shape index (κ3) is 2.12. The van der Waals surface area contributed by atoms with Gasteiger partial charge in [-0.2, -0.15) is 0 Å². The van der Waals surface area contributed by atoms with Crippen LogP contribution in [-0.2, 0) is 9.59 Å². The Labute approximate surface area is 91.4 Å². The molecule has 2 N–H and O–H groups in total. The average Bonchev–Trinajstić information content (AvgIpc) is 2.40. The Morgan fingerprint density at radius 3 is 3.07 bits per heavy atom. The molecular formula is C10H10N2O2S. The summed E-state index contributed by atoms with van der Waals surface area (Å²) in [5.74, 6) is 0.390. The van der Waals surface area contributed by atoms with E-state index in [9.17, 15) is 9.59 Å². The third-order valence-corrected chi connectivity index (χ3v) is 3.30. The van der Waals surface area contributed by atoms with Gasteiger partial charge in [0.15, 0.2) is 0 Å². The lowest BCUT2D eigenvalue weighted by Crippen LogP contribution is -2.40. The van der Waals surface area contributed by atoms with E-state index >= 15 is 0 Å². The summed E-state index contributed by atoms with van der Waals surface area (Å²) in [6.45, 7) is 0. The van der Waals surface area contributed by atoms with Gasteiger partial charge < -0.3 is 10.6 Å². The summed E-state index contributed by atoms with van der Waals surface area (Å²) in [4.78, 5) is 23.0. The van der Waals surface area contributed by atoms with Gasteiger partial charge in [0.2, 0.25) is 12.3 Å². The Balaban J connectivity index is 2.22. The summed E-state index contributed by atoms with van der Waals surface area (Å²) in [5, 5.41) is 5.27. The fourth-order valence-electron chi connectivity index (χ4n) is 1.37. The van der Waals surface area contributed by atoms with Gasteiger partial charge in [0, 0.05) is 10.6 Å². The fraction of sp³-hybridized carbons (Fsp3) is 0.200. The molecule has 0 spiro atoms. The van der Waals surface area contributed by atoms with Crippen LogP contribution in [0.4, 0.5) is 5.69 Å². The fourth-order valence-corrected chi connectivity index (χ4v) is 2.41. The van der Waals surface area contributed by atoms with E-state index in [-0.39, 0.29) is 5.91 Å². The van der Waals surface area contributed by atoms with Crippen LogP contribution in [0.1, 0.15) is 0 Å². The van der Waals surface area contributed by atoms with Gasteiger partial charge in [-0.05, 0) is 12.1 Å². The van der Waals surface area contributed by atoms with Crippen molar-refractivity contribution < 1.29 is 9.59 Å². The molecule has 0 fully saturated rings. The molecule has 5 heteroatoms. The van der Waals surface area contributed by atoms with Crippen LogP contribution in [-0.4, -0.2) is 24.1 Å². The van der Waals surface area contributed by atoms with Crippen molar-refractivity contribution in [1.29, 1.82) is 0 Å². The van der Waals surface area contributed by atoms with Gasteiger partial charge in [-0.1, -0.05) is 12.1 Å². The number of para-hydroxylation sites is 1. The van der Waals surface area contributed by atoms with Crippen molar-refractivity contribution in [2.24, 2.45) is 0 Å². The first kappa shape index (κ1) is 10.0. The number of amides is 2. The van der Waals surface area contributed by atoms with Crippen molar-refractivity contribution in [3.63, 3.8) is 0 Å². The highest BCUT2D eigenvalue weighted by molar-refractivity contribution is 7.99. The maximum atomic E-state index is 11.6. The average molecular weight is 222 g/mol. The molecule has 4 nitrogen and oxygen atoms in total. The van der Waals surface area contributed by atoms with Crippen molar-refractivity contribution in [3.8, 4) is 0 Å². The third-order valence-electron chi connectivity index (χ3n) is 2.14. The molecule has 1 aliphatic rings. The normalized spacial score (nSPS) is 19.7. The number of thioether (sulfide) groups is 1. The molecule has 1 heterocycles. The van der Waals surface area contributed by atoms with E-state index in [4.69, 9.17) is 0 Å². The Morgan fingerprint density at radius 1 is 1.47 bits per heavy atom. The summed E-state index contributed by atoms with van der Waals surface area (Å²) in [6.07, 6.45) is 0.556. The molecule has 1 atom stereocenters. The van der Waals surface area contributed by atoms with E-state index < -0.39 is 6.04 Å². The second kappa shape index (κ2) is 4.35. The Kier molecular flexibility index (Phi) is 2.91. The molecular weight excluding hydrogens is 212 g/mol. The molecule has 0 saturated heterocycles. The van der Waals surface area contributed by atoms with Crippen LogP contribution < -0.4 is 10.6 Å². The lowest BCUT2D eigenvalue weighted by molar-refractivity contribution is -0.120. The topological polar surface area (TPSA) is 58.2 Å². The molecule has 1 aromatic rings. The van der Waals surface area contributed by atoms with Gasteiger partial charge in [0.1, 0.15) is 6.04 Å². The SMILES string of the molecule is O=CN[C@H]1CSc2ccccc2NC1=O. The standard InChI is InChI=1S/C10H10N2O2S/c13-6-11-8-5-15-9-4-2-1-3-7(9)12-10(8)14/h1-4,6,8H,5H2,(H,11,13)(H,12,14)/t8-/m0/s1. The summed E-state index contributed by atoms with van der Waals surface area (Å²) >= 11 is 1.56. The molecule has 2 rings (SSSR count). The number of carbonyl (C=O) groups is 2. The first-order chi connectivity index (χ1) is 7.31. The molecule has 1 aromatic carbocycles. The summed E-state index contributed by atoms with van der Waals surface area (Å²) in [5.41, 5.74) is 0.808. The minimum Gasteiger partial charge on any atom is -0.346 e. The monoisotopic (exact) mass is 222 g/mol.